The Hall–Kier alpha value is -0.890. The summed E-state index contributed by atoms with van der Waals surface area (Å²) >= 11 is 0. The predicted molar refractivity (Wildman–Crippen MR) is 64.9 cm³/mol. The lowest BCUT2D eigenvalue weighted by atomic mass is 9.74. The van der Waals surface area contributed by atoms with Crippen molar-refractivity contribution in [2.24, 2.45) is 17.8 Å². The zero-order valence-electron chi connectivity index (χ0n) is 10.1. The van der Waals surface area contributed by atoms with Crippen molar-refractivity contribution in [3.05, 3.63) is 30.1 Å². The van der Waals surface area contributed by atoms with Gasteiger partial charge in [-0.1, -0.05) is 19.9 Å². The number of hydrogen-bond donors (Lipinski definition) is 1. The van der Waals surface area contributed by atoms with E-state index in [1.165, 1.54) is 6.42 Å². The number of aromatic nitrogens is 1. The fourth-order valence-electron chi connectivity index (χ4n) is 3.06. The molecule has 1 aromatic rings. The van der Waals surface area contributed by atoms with Crippen molar-refractivity contribution in [1.82, 2.24) is 4.98 Å². The zero-order valence-corrected chi connectivity index (χ0v) is 10.1. The molecule has 3 atom stereocenters. The second kappa shape index (κ2) is 4.96. The maximum absolute atomic E-state index is 10.3. The monoisotopic (exact) mass is 219 g/mol. The van der Waals surface area contributed by atoms with Gasteiger partial charge in [-0.3, -0.25) is 4.98 Å². The Morgan fingerprint density at radius 1 is 1.19 bits per heavy atom. The van der Waals surface area contributed by atoms with Crippen LogP contribution >= 0.6 is 0 Å². The standard InChI is InChI=1S/C14H21NO/c1-10-7-11(2)9-12(8-10)14(16)13-5-3-4-6-15-13/h3-6,10-12,14,16H,7-9H2,1-2H3. The van der Waals surface area contributed by atoms with Gasteiger partial charge in [-0.15, -0.1) is 0 Å². The molecule has 2 heteroatoms. The summed E-state index contributed by atoms with van der Waals surface area (Å²) in [4.78, 5) is 4.25. The molecule has 0 aliphatic heterocycles. The highest BCUT2D eigenvalue weighted by Gasteiger charge is 2.30. The molecule has 88 valence electrons. The van der Waals surface area contributed by atoms with E-state index in [0.29, 0.717) is 5.92 Å². The molecule has 1 N–H and O–H groups in total. The highest BCUT2D eigenvalue weighted by Crippen LogP contribution is 2.39. The molecule has 0 amide bonds. The Morgan fingerprint density at radius 3 is 2.44 bits per heavy atom. The Morgan fingerprint density at radius 2 is 1.88 bits per heavy atom. The number of nitrogens with zero attached hydrogens (tertiary/aromatic N) is 1. The second-order valence-corrected chi connectivity index (χ2v) is 5.38. The summed E-state index contributed by atoms with van der Waals surface area (Å²) in [6.07, 6.45) is 4.93. The van der Waals surface area contributed by atoms with Gasteiger partial charge in [0.25, 0.3) is 0 Å². The van der Waals surface area contributed by atoms with E-state index in [1.807, 2.05) is 18.2 Å². The van der Waals surface area contributed by atoms with E-state index >= 15 is 0 Å². The normalized spacial score (nSPS) is 32.3. The maximum atomic E-state index is 10.3. The van der Waals surface area contributed by atoms with Crippen LogP contribution in [0.3, 0.4) is 0 Å². The van der Waals surface area contributed by atoms with Crippen LogP contribution in [0.25, 0.3) is 0 Å². The minimum atomic E-state index is -0.383. The first-order chi connectivity index (χ1) is 7.66. The predicted octanol–water partition coefficient (Wildman–Crippen LogP) is 3.19. The highest BCUT2D eigenvalue weighted by molar-refractivity contribution is 5.08. The van der Waals surface area contributed by atoms with Gasteiger partial charge in [0.15, 0.2) is 0 Å². The van der Waals surface area contributed by atoms with Crippen molar-refractivity contribution < 1.29 is 5.11 Å². The molecule has 0 saturated heterocycles. The van der Waals surface area contributed by atoms with Crippen LogP contribution in [-0.2, 0) is 0 Å². The van der Waals surface area contributed by atoms with E-state index in [-0.39, 0.29) is 6.10 Å². The molecule has 1 aromatic heterocycles. The van der Waals surface area contributed by atoms with Gasteiger partial charge < -0.3 is 5.11 Å². The van der Waals surface area contributed by atoms with E-state index < -0.39 is 0 Å². The van der Waals surface area contributed by atoms with Crippen molar-refractivity contribution in [3.63, 3.8) is 0 Å². The van der Waals surface area contributed by atoms with Gasteiger partial charge in [0.1, 0.15) is 0 Å². The summed E-state index contributed by atoms with van der Waals surface area (Å²) in [5.74, 6) is 1.84. The first-order valence-corrected chi connectivity index (χ1v) is 6.25. The van der Waals surface area contributed by atoms with E-state index in [9.17, 15) is 5.11 Å². The summed E-state index contributed by atoms with van der Waals surface area (Å²) in [6, 6.07) is 5.76. The lowest BCUT2D eigenvalue weighted by molar-refractivity contribution is 0.0522. The Balaban J connectivity index is 2.07. The third-order valence-electron chi connectivity index (χ3n) is 3.65. The van der Waals surface area contributed by atoms with Crippen LogP contribution in [0.4, 0.5) is 0 Å². The van der Waals surface area contributed by atoms with Crippen molar-refractivity contribution >= 4 is 0 Å². The van der Waals surface area contributed by atoms with Gasteiger partial charge in [0.05, 0.1) is 11.8 Å². The van der Waals surface area contributed by atoms with Crippen molar-refractivity contribution in [2.45, 2.75) is 39.2 Å². The average molecular weight is 219 g/mol. The molecule has 1 saturated carbocycles. The molecule has 3 unspecified atom stereocenters. The van der Waals surface area contributed by atoms with Crippen LogP contribution in [0.1, 0.15) is 44.9 Å². The van der Waals surface area contributed by atoms with Crippen molar-refractivity contribution in [3.8, 4) is 0 Å². The quantitative estimate of drug-likeness (QED) is 0.828. The number of aliphatic hydroxyl groups is 1. The minimum absolute atomic E-state index is 0.383. The van der Waals surface area contributed by atoms with Crippen LogP contribution < -0.4 is 0 Å². The molecule has 0 aromatic carbocycles. The third-order valence-corrected chi connectivity index (χ3v) is 3.65. The third kappa shape index (κ3) is 2.62. The average Bonchev–Trinajstić information content (AvgIpc) is 2.28. The number of pyridine rings is 1. The van der Waals surface area contributed by atoms with Gasteiger partial charge in [-0.05, 0) is 49.1 Å². The van der Waals surface area contributed by atoms with Crippen molar-refractivity contribution in [2.75, 3.05) is 0 Å². The summed E-state index contributed by atoms with van der Waals surface area (Å²) in [5.41, 5.74) is 0.828. The lowest BCUT2D eigenvalue weighted by Gasteiger charge is -2.34. The highest BCUT2D eigenvalue weighted by atomic mass is 16.3. The number of hydrogen-bond acceptors (Lipinski definition) is 2. The summed E-state index contributed by atoms with van der Waals surface area (Å²) in [7, 11) is 0. The fraction of sp³-hybridized carbons (Fsp3) is 0.643. The molecular weight excluding hydrogens is 198 g/mol. The second-order valence-electron chi connectivity index (χ2n) is 5.38. The van der Waals surface area contributed by atoms with Crippen LogP contribution in [0.5, 0.6) is 0 Å². The largest absolute Gasteiger partial charge is 0.387 e. The summed E-state index contributed by atoms with van der Waals surface area (Å²) in [6.45, 7) is 4.57. The zero-order chi connectivity index (χ0) is 11.5. The molecule has 1 aliphatic rings. The Labute approximate surface area is 97.7 Å². The number of aliphatic hydroxyl groups excluding tert-OH is 1. The number of rotatable bonds is 2. The first kappa shape index (κ1) is 11.6. The van der Waals surface area contributed by atoms with Gasteiger partial charge in [0, 0.05) is 6.20 Å². The van der Waals surface area contributed by atoms with Gasteiger partial charge in [-0.25, -0.2) is 0 Å². The van der Waals surface area contributed by atoms with E-state index in [0.717, 1.165) is 30.4 Å². The molecule has 2 rings (SSSR count). The molecule has 0 radical (unpaired) electrons. The Bertz CT molecular complexity index is 315. The smallest absolute Gasteiger partial charge is 0.0987 e. The summed E-state index contributed by atoms with van der Waals surface area (Å²) in [5, 5.41) is 10.3. The van der Waals surface area contributed by atoms with Gasteiger partial charge in [-0.2, -0.15) is 0 Å². The SMILES string of the molecule is CC1CC(C)CC(C(O)c2ccccn2)C1. The topological polar surface area (TPSA) is 33.1 Å². The van der Waals surface area contributed by atoms with Gasteiger partial charge >= 0.3 is 0 Å². The van der Waals surface area contributed by atoms with Gasteiger partial charge in [0.2, 0.25) is 0 Å². The van der Waals surface area contributed by atoms with Crippen LogP contribution in [0, 0.1) is 17.8 Å². The molecular formula is C14H21NO. The molecule has 0 bridgehead atoms. The lowest BCUT2D eigenvalue weighted by Crippen LogP contribution is -2.25. The molecule has 1 fully saturated rings. The van der Waals surface area contributed by atoms with E-state index in [2.05, 4.69) is 18.8 Å². The molecule has 2 nitrogen and oxygen atoms in total. The Kier molecular flexibility index (Phi) is 3.59. The van der Waals surface area contributed by atoms with Crippen LogP contribution in [-0.4, -0.2) is 10.1 Å². The molecule has 1 heterocycles. The molecule has 1 aliphatic carbocycles. The molecule has 16 heavy (non-hydrogen) atoms. The van der Waals surface area contributed by atoms with Crippen LogP contribution in [0.2, 0.25) is 0 Å². The minimum Gasteiger partial charge on any atom is -0.387 e. The van der Waals surface area contributed by atoms with E-state index in [4.69, 9.17) is 0 Å². The fourth-order valence-corrected chi connectivity index (χ4v) is 3.06. The van der Waals surface area contributed by atoms with Crippen LogP contribution in [0.15, 0.2) is 24.4 Å². The van der Waals surface area contributed by atoms with E-state index in [1.54, 1.807) is 6.20 Å². The molecule has 0 spiro atoms. The first-order valence-electron chi connectivity index (χ1n) is 6.25. The van der Waals surface area contributed by atoms with Crippen molar-refractivity contribution in [1.29, 1.82) is 0 Å². The summed E-state index contributed by atoms with van der Waals surface area (Å²) < 4.78 is 0. The maximum Gasteiger partial charge on any atom is 0.0987 e.